The SMILES string of the molecule is CCC(Cc1ccccc1)C(NCCC(C)C)(C(N)=O)C(O)(NC(=O)NCc1ccccc1)C(N)=O. The molecule has 3 atom stereocenters. The van der Waals surface area contributed by atoms with Gasteiger partial charge in [0.2, 0.25) is 11.6 Å². The lowest BCUT2D eigenvalue weighted by atomic mass is 9.70. The van der Waals surface area contributed by atoms with E-state index in [1.807, 2.05) is 81.4 Å². The third-order valence-corrected chi connectivity index (χ3v) is 6.46. The number of rotatable bonds is 14. The van der Waals surface area contributed by atoms with Gasteiger partial charge in [-0.15, -0.1) is 0 Å². The van der Waals surface area contributed by atoms with Gasteiger partial charge in [-0.25, -0.2) is 4.79 Å². The van der Waals surface area contributed by atoms with E-state index in [0.717, 1.165) is 11.1 Å². The second kappa shape index (κ2) is 13.0. The normalized spacial score (nSPS) is 15.4. The van der Waals surface area contributed by atoms with Crippen LogP contribution < -0.4 is 27.4 Å². The number of primary amides is 2. The number of hydrogen-bond donors (Lipinski definition) is 6. The van der Waals surface area contributed by atoms with Crippen LogP contribution in [0.1, 0.15) is 44.7 Å². The summed E-state index contributed by atoms with van der Waals surface area (Å²) in [5, 5.41) is 19.7. The Labute approximate surface area is 213 Å². The number of nitrogens with one attached hydrogen (secondary N) is 3. The molecular weight excluding hydrogens is 458 g/mol. The molecule has 0 bridgehead atoms. The Kier molecular flexibility index (Phi) is 10.4. The Morgan fingerprint density at radius 3 is 1.94 bits per heavy atom. The van der Waals surface area contributed by atoms with Crippen molar-refractivity contribution in [2.75, 3.05) is 6.54 Å². The van der Waals surface area contributed by atoms with Gasteiger partial charge in [-0.2, -0.15) is 0 Å². The lowest BCUT2D eigenvalue weighted by molar-refractivity contribution is -0.165. The van der Waals surface area contributed by atoms with Crippen LogP contribution in [0.4, 0.5) is 4.79 Å². The molecule has 196 valence electrons. The molecule has 0 fully saturated rings. The minimum Gasteiger partial charge on any atom is -0.368 e. The van der Waals surface area contributed by atoms with E-state index in [-0.39, 0.29) is 19.0 Å². The molecule has 4 amide bonds. The average Bonchev–Trinajstić information content (AvgIpc) is 2.85. The van der Waals surface area contributed by atoms with Crippen molar-refractivity contribution >= 4 is 17.8 Å². The van der Waals surface area contributed by atoms with Crippen LogP contribution in [0.2, 0.25) is 0 Å². The minimum atomic E-state index is -2.81. The molecule has 0 saturated heterocycles. The van der Waals surface area contributed by atoms with E-state index in [0.29, 0.717) is 19.3 Å². The fourth-order valence-electron chi connectivity index (χ4n) is 4.44. The third-order valence-electron chi connectivity index (χ3n) is 6.46. The zero-order valence-electron chi connectivity index (χ0n) is 21.3. The molecule has 0 aliphatic heterocycles. The van der Waals surface area contributed by atoms with Gasteiger partial charge >= 0.3 is 6.03 Å². The first-order chi connectivity index (χ1) is 17.1. The van der Waals surface area contributed by atoms with Crippen molar-refractivity contribution in [3.05, 3.63) is 71.8 Å². The first-order valence-corrected chi connectivity index (χ1v) is 12.3. The van der Waals surface area contributed by atoms with Crippen molar-refractivity contribution < 1.29 is 19.5 Å². The van der Waals surface area contributed by atoms with E-state index >= 15 is 0 Å². The van der Waals surface area contributed by atoms with Crippen LogP contribution in [-0.2, 0) is 22.6 Å². The molecule has 3 unspecified atom stereocenters. The highest BCUT2D eigenvalue weighted by molar-refractivity contribution is 5.99. The fraction of sp³-hybridized carbons (Fsp3) is 0.444. The number of nitrogens with two attached hydrogens (primary N) is 2. The van der Waals surface area contributed by atoms with Crippen LogP contribution in [0.3, 0.4) is 0 Å². The largest absolute Gasteiger partial charge is 0.368 e. The van der Waals surface area contributed by atoms with Crippen LogP contribution in [0.15, 0.2) is 60.7 Å². The maximum Gasteiger partial charge on any atom is 0.317 e. The number of hydrogen-bond acceptors (Lipinski definition) is 5. The first-order valence-electron chi connectivity index (χ1n) is 12.3. The molecule has 2 rings (SSSR count). The predicted molar refractivity (Wildman–Crippen MR) is 139 cm³/mol. The standard InChI is InChI=1S/C27H39N5O4/c1-4-22(17-20-11-7-5-8-12-20)26(23(28)33,31-16-15-19(2)3)27(36,24(29)34)32-25(35)30-18-21-13-9-6-10-14-21/h5-14,19,22,31,36H,4,15-18H2,1-3H3,(H2,28,33)(H2,29,34)(H2,30,32,35). The van der Waals surface area contributed by atoms with Crippen molar-refractivity contribution in [3.63, 3.8) is 0 Å². The third kappa shape index (κ3) is 6.83. The maximum atomic E-state index is 13.2. The van der Waals surface area contributed by atoms with Gasteiger partial charge in [0.1, 0.15) is 0 Å². The van der Waals surface area contributed by atoms with Crippen molar-refractivity contribution in [1.82, 2.24) is 16.0 Å². The van der Waals surface area contributed by atoms with Gasteiger partial charge in [-0.3, -0.25) is 14.9 Å². The minimum absolute atomic E-state index is 0.132. The van der Waals surface area contributed by atoms with E-state index < -0.39 is 35.0 Å². The van der Waals surface area contributed by atoms with Gasteiger partial charge in [0.25, 0.3) is 5.91 Å². The molecule has 0 aromatic heterocycles. The summed E-state index contributed by atoms with van der Waals surface area (Å²) in [5.74, 6) is -2.70. The highest BCUT2D eigenvalue weighted by atomic mass is 16.3. The number of benzene rings is 2. The Hall–Kier alpha value is -3.43. The van der Waals surface area contributed by atoms with E-state index in [2.05, 4.69) is 16.0 Å². The predicted octanol–water partition coefficient (Wildman–Crippen LogP) is 1.79. The molecule has 0 spiro atoms. The van der Waals surface area contributed by atoms with E-state index in [1.165, 1.54) is 0 Å². The summed E-state index contributed by atoms with van der Waals surface area (Å²) in [5.41, 5.74) is 8.42. The summed E-state index contributed by atoms with van der Waals surface area (Å²) in [6.45, 7) is 6.23. The molecule has 8 N–H and O–H groups in total. The molecule has 9 heteroatoms. The summed E-state index contributed by atoms with van der Waals surface area (Å²) < 4.78 is 0. The number of amides is 4. The van der Waals surface area contributed by atoms with E-state index in [4.69, 9.17) is 11.5 Å². The van der Waals surface area contributed by atoms with Crippen molar-refractivity contribution in [2.24, 2.45) is 23.3 Å². The van der Waals surface area contributed by atoms with Gasteiger partial charge in [0, 0.05) is 6.54 Å². The van der Waals surface area contributed by atoms with Crippen molar-refractivity contribution in [2.45, 2.75) is 57.8 Å². The summed E-state index contributed by atoms with van der Waals surface area (Å²) in [7, 11) is 0. The molecule has 36 heavy (non-hydrogen) atoms. The van der Waals surface area contributed by atoms with Gasteiger partial charge in [0.15, 0.2) is 5.54 Å². The zero-order chi connectivity index (χ0) is 26.8. The molecule has 0 aliphatic rings. The Morgan fingerprint density at radius 2 is 1.47 bits per heavy atom. The topological polar surface area (TPSA) is 160 Å². The molecule has 0 radical (unpaired) electrons. The number of carbonyl (C=O) groups is 3. The monoisotopic (exact) mass is 497 g/mol. The van der Waals surface area contributed by atoms with Gasteiger partial charge in [-0.1, -0.05) is 87.9 Å². The second-order valence-electron chi connectivity index (χ2n) is 9.44. The Bertz CT molecular complexity index is 1000. The molecule has 2 aromatic carbocycles. The summed E-state index contributed by atoms with van der Waals surface area (Å²) >= 11 is 0. The number of aliphatic hydroxyl groups is 1. The van der Waals surface area contributed by atoms with Crippen LogP contribution in [-0.4, -0.2) is 40.8 Å². The van der Waals surface area contributed by atoms with Crippen LogP contribution in [0, 0.1) is 11.8 Å². The van der Waals surface area contributed by atoms with Crippen molar-refractivity contribution in [3.8, 4) is 0 Å². The quantitative estimate of drug-likeness (QED) is 0.219. The number of urea groups is 1. The fourth-order valence-corrected chi connectivity index (χ4v) is 4.44. The highest BCUT2D eigenvalue weighted by Crippen LogP contribution is 2.34. The molecule has 0 heterocycles. The Morgan fingerprint density at radius 1 is 0.917 bits per heavy atom. The van der Waals surface area contributed by atoms with Crippen LogP contribution >= 0.6 is 0 Å². The van der Waals surface area contributed by atoms with Crippen LogP contribution in [0.5, 0.6) is 0 Å². The summed E-state index contributed by atoms with van der Waals surface area (Å²) in [6, 6.07) is 17.6. The van der Waals surface area contributed by atoms with Gasteiger partial charge in [0.05, 0.1) is 0 Å². The second-order valence-corrected chi connectivity index (χ2v) is 9.44. The van der Waals surface area contributed by atoms with Crippen molar-refractivity contribution in [1.29, 1.82) is 0 Å². The number of carbonyl (C=O) groups excluding carboxylic acids is 3. The summed E-state index contributed by atoms with van der Waals surface area (Å²) in [6.07, 6.45) is 1.29. The molecule has 0 saturated carbocycles. The average molecular weight is 498 g/mol. The van der Waals surface area contributed by atoms with Gasteiger partial charge in [-0.05, 0) is 42.3 Å². The lowest BCUT2D eigenvalue weighted by Crippen LogP contribution is -2.82. The molecule has 9 nitrogen and oxygen atoms in total. The maximum absolute atomic E-state index is 13.2. The first kappa shape index (κ1) is 28.8. The lowest BCUT2D eigenvalue weighted by Gasteiger charge is -2.48. The molecule has 0 aliphatic carbocycles. The molecule has 2 aromatic rings. The zero-order valence-corrected chi connectivity index (χ0v) is 21.3. The van der Waals surface area contributed by atoms with E-state index in [1.54, 1.807) is 0 Å². The highest BCUT2D eigenvalue weighted by Gasteiger charge is 2.63. The smallest absolute Gasteiger partial charge is 0.317 e. The van der Waals surface area contributed by atoms with Gasteiger partial charge < -0.3 is 27.2 Å². The van der Waals surface area contributed by atoms with E-state index in [9.17, 15) is 19.5 Å². The molecular formula is C27H39N5O4. The van der Waals surface area contributed by atoms with Crippen LogP contribution in [0.25, 0.3) is 0 Å². The summed E-state index contributed by atoms with van der Waals surface area (Å²) in [4.78, 5) is 38.9. The Balaban J connectivity index is 2.48.